The average Bonchev–Trinajstić information content (AvgIpc) is 2.70. The van der Waals surface area contributed by atoms with E-state index in [-0.39, 0.29) is 17.9 Å². The first-order valence-electron chi connectivity index (χ1n) is 7.12. The molecule has 1 heterocycles. The Hall–Kier alpha value is -1.85. The average molecular weight is 277 g/mol. The third kappa shape index (κ3) is 2.09. The minimum Gasteiger partial charge on any atom is -0.481 e. The van der Waals surface area contributed by atoms with Crippen LogP contribution in [0, 0.1) is 11.8 Å². The summed E-state index contributed by atoms with van der Waals surface area (Å²) in [5, 5.41) is 16.3. The molecule has 1 amide bonds. The number of nitrogens with zero attached hydrogens (tertiary/aromatic N) is 2. The summed E-state index contributed by atoms with van der Waals surface area (Å²) in [5.41, 5.74) is 2.25. The summed E-state index contributed by atoms with van der Waals surface area (Å²) in [6.45, 7) is 0. The normalized spacial score (nSPS) is 28.4. The Morgan fingerprint density at radius 1 is 1.35 bits per heavy atom. The standard InChI is InChI=1S/C14H19N3O3/c1-17-12-4-2-3-11(10(12)7-15-17)16-13(18)8-5-6-9(8)14(19)20/h7-9,11H,2-6H2,1H3,(H,16,18)(H,19,20). The number of aryl methyl sites for hydroxylation is 1. The van der Waals surface area contributed by atoms with E-state index in [1.807, 2.05) is 17.9 Å². The van der Waals surface area contributed by atoms with Crippen LogP contribution >= 0.6 is 0 Å². The van der Waals surface area contributed by atoms with Crippen molar-refractivity contribution in [3.8, 4) is 0 Å². The Kier molecular flexibility index (Phi) is 3.23. The molecule has 3 atom stereocenters. The molecule has 20 heavy (non-hydrogen) atoms. The Balaban J connectivity index is 1.70. The molecule has 6 nitrogen and oxygen atoms in total. The monoisotopic (exact) mass is 277 g/mol. The number of carbonyl (C=O) groups is 2. The lowest BCUT2D eigenvalue weighted by atomic mass is 9.73. The largest absolute Gasteiger partial charge is 0.481 e. The van der Waals surface area contributed by atoms with Crippen molar-refractivity contribution < 1.29 is 14.7 Å². The maximum atomic E-state index is 12.2. The minimum absolute atomic E-state index is 0.0185. The fourth-order valence-corrected chi connectivity index (χ4v) is 3.24. The van der Waals surface area contributed by atoms with E-state index in [0.29, 0.717) is 12.8 Å². The van der Waals surface area contributed by atoms with Crippen LogP contribution in [0.15, 0.2) is 6.20 Å². The van der Waals surface area contributed by atoms with Gasteiger partial charge in [0.25, 0.3) is 0 Å². The number of aromatic nitrogens is 2. The molecule has 3 rings (SSSR count). The summed E-state index contributed by atoms with van der Waals surface area (Å²) < 4.78 is 1.86. The van der Waals surface area contributed by atoms with Gasteiger partial charge in [0.15, 0.2) is 0 Å². The van der Waals surface area contributed by atoms with Crippen LogP contribution in [0.3, 0.4) is 0 Å². The van der Waals surface area contributed by atoms with Gasteiger partial charge in [0.05, 0.1) is 24.1 Å². The van der Waals surface area contributed by atoms with Crippen molar-refractivity contribution in [2.45, 2.75) is 38.1 Å². The maximum Gasteiger partial charge on any atom is 0.307 e. The molecule has 0 aromatic carbocycles. The summed E-state index contributed by atoms with van der Waals surface area (Å²) in [7, 11) is 1.91. The topological polar surface area (TPSA) is 84.2 Å². The molecule has 1 aromatic heterocycles. The number of fused-ring (bicyclic) bond motifs is 1. The molecule has 0 radical (unpaired) electrons. The van der Waals surface area contributed by atoms with Gasteiger partial charge in [-0.25, -0.2) is 0 Å². The van der Waals surface area contributed by atoms with Crippen molar-refractivity contribution in [2.75, 3.05) is 0 Å². The number of hydrogen-bond acceptors (Lipinski definition) is 3. The lowest BCUT2D eigenvalue weighted by molar-refractivity contribution is -0.153. The molecule has 3 unspecified atom stereocenters. The highest BCUT2D eigenvalue weighted by molar-refractivity contribution is 5.86. The van der Waals surface area contributed by atoms with Gasteiger partial charge in [-0.3, -0.25) is 14.3 Å². The first kappa shape index (κ1) is 13.1. The third-order valence-corrected chi connectivity index (χ3v) is 4.62. The van der Waals surface area contributed by atoms with Gasteiger partial charge in [0.1, 0.15) is 0 Å². The minimum atomic E-state index is -0.859. The summed E-state index contributed by atoms with van der Waals surface area (Å²) in [5.74, 6) is -1.85. The smallest absolute Gasteiger partial charge is 0.307 e. The fraction of sp³-hybridized carbons (Fsp3) is 0.643. The lowest BCUT2D eigenvalue weighted by Crippen LogP contribution is -2.45. The van der Waals surface area contributed by atoms with E-state index in [9.17, 15) is 9.59 Å². The number of nitrogens with one attached hydrogen (secondary N) is 1. The van der Waals surface area contributed by atoms with E-state index < -0.39 is 11.9 Å². The van der Waals surface area contributed by atoms with Gasteiger partial charge in [0.2, 0.25) is 5.91 Å². The van der Waals surface area contributed by atoms with Crippen molar-refractivity contribution in [1.82, 2.24) is 15.1 Å². The van der Waals surface area contributed by atoms with Crippen molar-refractivity contribution >= 4 is 11.9 Å². The first-order valence-corrected chi connectivity index (χ1v) is 7.12. The molecule has 0 bridgehead atoms. The van der Waals surface area contributed by atoms with Crippen molar-refractivity contribution in [3.05, 3.63) is 17.5 Å². The highest BCUT2D eigenvalue weighted by Gasteiger charge is 2.42. The second-order valence-electron chi connectivity index (χ2n) is 5.75. The molecule has 2 N–H and O–H groups in total. The van der Waals surface area contributed by atoms with E-state index in [4.69, 9.17) is 5.11 Å². The number of carboxylic acid groups (broad SMARTS) is 1. The summed E-state index contributed by atoms with van der Waals surface area (Å²) in [6, 6.07) is -0.0185. The Bertz CT molecular complexity index is 552. The second-order valence-corrected chi connectivity index (χ2v) is 5.75. The van der Waals surface area contributed by atoms with Crippen LogP contribution in [0.2, 0.25) is 0 Å². The number of rotatable bonds is 3. The molecular formula is C14H19N3O3. The Labute approximate surface area is 117 Å². The quantitative estimate of drug-likeness (QED) is 0.864. The summed E-state index contributed by atoms with van der Waals surface area (Å²) >= 11 is 0. The highest BCUT2D eigenvalue weighted by Crippen LogP contribution is 2.36. The van der Waals surface area contributed by atoms with Crippen molar-refractivity contribution in [2.24, 2.45) is 18.9 Å². The summed E-state index contributed by atoms with van der Waals surface area (Å²) in [6.07, 6.45) is 6.00. The van der Waals surface area contributed by atoms with Crippen LogP contribution in [0.5, 0.6) is 0 Å². The number of aliphatic carboxylic acids is 1. The third-order valence-electron chi connectivity index (χ3n) is 4.62. The molecule has 0 spiro atoms. The van der Waals surface area contributed by atoms with Gasteiger partial charge in [-0.2, -0.15) is 5.10 Å². The van der Waals surface area contributed by atoms with E-state index in [1.54, 1.807) is 0 Å². The van der Waals surface area contributed by atoms with Crippen LogP contribution in [0.4, 0.5) is 0 Å². The van der Waals surface area contributed by atoms with Gasteiger partial charge >= 0.3 is 5.97 Å². The van der Waals surface area contributed by atoms with Gasteiger partial charge in [-0.05, 0) is 32.1 Å². The van der Waals surface area contributed by atoms with E-state index in [2.05, 4.69) is 10.4 Å². The molecule has 6 heteroatoms. The van der Waals surface area contributed by atoms with Crippen molar-refractivity contribution in [1.29, 1.82) is 0 Å². The lowest BCUT2D eigenvalue weighted by Gasteiger charge is -2.34. The highest BCUT2D eigenvalue weighted by atomic mass is 16.4. The Morgan fingerprint density at radius 3 is 2.75 bits per heavy atom. The number of carbonyl (C=O) groups excluding carboxylic acids is 1. The zero-order valence-corrected chi connectivity index (χ0v) is 11.5. The molecule has 1 aromatic rings. The van der Waals surface area contributed by atoms with Crippen LogP contribution in [0.1, 0.15) is 43.0 Å². The maximum absolute atomic E-state index is 12.2. The van der Waals surface area contributed by atoms with E-state index >= 15 is 0 Å². The first-order chi connectivity index (χ1) is 9.58. The zero-order valence-electron chi connectivity index (χ0n) is 11.5. The van der Waals surface area contributed by atoms with Gasteiger partial charge in [-0.1, -0.05) is 0 Å². The SMILES string of the molecule is Cn1ncc2c1CCCC2NC(=O)C1CCC1C(=O)O. The van der Waals surface area contributed by atoms with Gasteiger partial charge < -0.3 is 10.4 Å². The Morgan fingerprint density at radius 2 is 2.10 bits per heavy atom. The fourth-order valence-electron chi connectivity index (χ4n) is 3.24. The molecule has 0 saturated heterocycles. The molecule has 0 aliphatic heterocycles. The molecular weight excluding hydrogens is 258 g/mol. The molecule has 1 fully saturated rings. The van der Waals surface area contributed by atoms with Crippen LogP contribution in [-0.4, -0.2) is 26.8 Å². The van der Waals surface area contributed by atoms with E-state index in [0.717, 1.165) is 24.8 Å². The predicted octanol–water partition coefficient (Wildman–Crippen LogP) is 1.02. The molecule has 2 aliphatic rings. The number of amides is 1. The van der Waals surface area contributed by atoms with Crippen molar-refractivity contribution in [3.63, 3.8) is 0 Å². The van der Waals surface area contributed by atoms with Crippen LogP contribution in [-0.2, 0) is 23.1 Å². The van der Waals surface area contributed by atoms with Crippen LogP contribution in [0.25, 0.3) is 0 Å². The molecule has 1 saturated carbocycles. The molecule has 108 valence electrons. The van der Waals surface area contributed by atoms with Crippen LogP contribution < -0.4 is 5.32 Å². The number of hydrogen-bond donors (Lipinski definition) is 2. The van der Waals surface area contributed by atoms with Gasteiger partial charge in [-0.15, -0.1) is 0 Å². The predicted molar refractivity (Wildman–Crippen MR) is 70.9 cm³/mol. The second kappa shape index (κ2) is 4.92. The number of carboxylic acids is 1. The van der Waals surface area contributed by atoms with E-state index in [1.165, 1.54) is 5.69 Å². The van der Waals surface area contributed by atoms with Gasteiger partial charge in [0, 0.05) is 18.3 Å². The zero-order chi connectivity index (χ0) is 14.3. The molecule has 2 aliphatic carbocycles. The summed E-state index contributed by atoms with van der Waals surface area (Å²) in [4.78, 5) is 23.2.